The van der Waals surface area contributed by atoms with Crippen molar-refractivity contribution in [1.29, 1.82) is 0 Å². The summed E-state index contributed by atoms with van der Waals surface area (Å²) in [5.41, 5.74) is 4.27. The molecule has 0 saturated heterocycles. The maximum absolute atomic E-state index is 13.8. The molecule has 0 atom stereocenters. The summed E-state index contributed by atoms with van der Waals surface area (Å²) < 4.78 is 62.7. The number of ether oxygens (including phenoxy) is 1. The Morgan fingerprint density at radius 1 is 0.762 bits per heavy atom. The van der Waals surface area contributed by atoms with Crippen molar-refractivity contribution in [3.63, 3.8) is 0 Å². The summed E-state index contributed by atoms with van der Waals surface area (Å²) in [6.07, 6.45) is 0. The SMILES string of the molecule is COc1ccc(C)cc1N(CC(=O)Nc1ccc(S(=O)(=O)Nc2c(C)cccc2C)cc1)S(=O)(=O)c1ccc(C)cc1. The number of amides is 1. The van der Waals surface area contributed by atoms with Gasteiger partial charge in [0.2, 0.25) is 5.91 Å². The molecular weight excluding hydrogens is 574 g/mol. The minimum absolute atomic E-state index is 0.0104. The average Bonchev–Trinajstić information content (AvgIpc) is 2.94. The molecule has 220 valence electrons. The van der Waals surface area contributed by atoms with Crippen molar-refractivity contribution < 1.29 is 26.4 Å². The Morgan fingerprint density at radius 3 is 1.93 bits per heavy atom. The first-order chi connectivity index (χ1) is 19.8. The quantitative estimate of drug-likeness (QED) is 0.243. The molecule has 0 bridgehead atoms. The predicted octanol–water partition coefficient (Wildman–Crippen LogP) is 5.56. The molecule has 0 saturated carbocycles. The van der Waals surface area contributed by atoms with Crippen LogP contribution in [-0.4, -0.2) is 36.4 Å². The number of nitrogens with zero attached hydrogens (tertiary/aromatic N) is 1. The Labute approximate surface area is 247 Å². The third-order valence-corrected chi connectivity index (χ3v) is 9.80. The monoisotopic (exact) mass is 607 g/mol. The maximum Gasteiger partial charge on any atom is 0.264 e. The number of hydrogen-bond donors (Lipinski definition) is 2. The lowest BCUT2D eigenvalue weighted by Crippen LogP contribution is -2.38. The molecule has 4 rings (SSSR count). The number of para-hydroxylation sites is 1. The molecule has 0 radical (unpaired) electrons. The Bertz CT molecular complexity index is 1800. The van der Waals surface area contributed by atoms with Crippen LogP contribution >= 0.6 is 0 Å². The molecule has 9 nitrogen and oxygen atoms in total. The van der Waals surface area contributed by atoms with Gasteiger partial charge in [0.05, 0.1) is 28.3 Å². The number of aryl methyl sites for hydroxylation is 4. The summed E-state index contributed by atoms with van der Waals surface area (Å²) in [5, 5.41) is 2.67. The van der Waals surface area contributed by atoms with E-state index in [1.54, 1.807) is 30.3 Å². The number of methoxy groups -OCH3 is 1. The lowest BCUT2D eigenvalue weighted by atomic mass is 10.1. The molecule has 0 unspecified atom stereocenters. The van der Waals surface area contributed by atoms with Crippen LogP contribution in [-0.2, 0) is 24.8 Å². The normalized spacial score (nSPS) is 11.5. The molecule has 1 amide bonds. The van der Waals surface area contributed by atoms with Gasteiger partial charge in [-0.25, -0.2) is 16.8 Å². The van der Waals surface area contributed by atoms with Gasteiger partial charge in [-0.2, -0.15) is 0 Å². The van der Waals surface area contributed by atoms with Crippen molar-refractivity contribution in [2.24, 2.45) is 0 Å². The Kier molecular flexibility index (Phi) is 8.93. The highest BCUT2D eigenvalue weighted by atomic mass is 32.2. The van der Waals surface area contributed by atoms with Crippen LogP contribution in [0.1, 0.15) is 22.3 Å². The fourth-order valence-corrected chi connectivity index (χ4v) is 6.98. The molecule has 0 heterocycles. The molecule has 0 aliphatic heterocycles. The van der Waals surface area contributed by atoms with Crippen LogP contribution in [0.15, 0.2) is 94.7 Å². The molecule has 11 heteroatoms. The van der Waals surface area contributed by atoms with Gasteiger partial charge >= 0.3 is 0 Å². The first-order valence-corrected chi connectivity index (χ1v) is 16.0. The highest BCUT2D eigenvalue weighted by Gasteiger charge is 2.30. The number of carbonyl (C=O) groups is 1. The number of rotatable bonds is 10. The standard InChI is InChI=1S/C31H33N3O6S2/c1-21-9-14-27(15-10-21)42(38,39)34(28-19-22(2)11-18-29(28)40-5)20-30(35)32-25-12-16-26(17-13-25)41(36,37)33-31-23(3)7-6-8-24(31)4/h6-19,33H,20H2,1-5H3,(H,32,35). The van der Waals surface area contributed by atoms with Crippen molar-refractivity contribution in [3.05, 3.63) is 107 Å². The van der Waals surface area contributed by atoms with Crippen molar-refractivity contribution in [3.8, 4) is 5.75 Å². The van der Waals surface area contributed by atoms with Gasteiger partial charge < -0.3 is 10.1 Å². The molecule has 0 aliphatic carbocycles. The maximum atomic E-state index is 13.8. The smallest absolute Gasteiger partial charge is 0.264 e. The highest BCUT2D eigenvalue weighted by molar-refractivity contribution is 7.93. The zero-order chi connectivity index (χ0) is 30.7. The van der Waals surface area contributed by atoms with Gasteiger partial charge in [0, 0.05) is 5.69 Å². The summed E-state index contributed by atoms with van der Waals surface area (Å²) in [6.45, 7) is 6.74. The van der Waals surface area contributed by atoms with Gasteiger partial charge in [-0.05, 0) is 92.9 Å². The first-order valence-electron chi connectivity index (χ1n) is 13.0. The second kappa shape index (κ2) is 12.3. The minimum atomic E-state index is -4.17. The lowest BCUT2D eigenvalue weighted by Gasteiger charge is -2.26. The van der Waals surface area contributed by atoms with E-state index in [-0.39, 0.29) is 21.2 Å². The molecule has 4 aromatic carbocycles. The van der Waals surface area contributed by atoms with Crippen molar-refractivity contribution in [2.45, 2.75) is 37.5 Å². The van der Waals surface area contributed by atoms with E-state index in [4.69, 9.17) is 4.74 Å². The van der Waals surface area contributed by atoms with Crippen LogP contribution in [0.5, 0.6) is 5.75 Å². The number of carbonyl (C=O) groups excluding carboxylic acids is 1. The van der Waals surface area contributed by atoms with Crippen molar-refractivity contribution in [2.75, 3.05) is 28.0 Å². The second-order valence-corrected chi connectivity index (χ2v) is 13.5. The molecule has 0 aromatic heterocycles. The Morgan fingerprint density at radius 2 is 1.33 bits per heavy atom. The van der Waals surface area contributed by atoms with Gasteiger partial charge in [-0.15, -0.1) is 0 Å². The molecule has 4 aromatic rings. The Hall–Kier alpha value is -4.35. The Balaban J connectivity index is 1.59. The summed E-state index contributed by atoms with van der Waals surface area (Å²) >= 11 is 0. The molecule has 0 fully saturated rings. The van der Waals surface area contributed by atoms with Crippen LogP contribution in [0.25, 0.3) is 0 Å². The number of hydrogen-bond acceptors (Lipinski definition) is 6. The van der Waals surface area contributed by atoms with E-state index in [1.807, 2.05) is 45.9 Å². The van der Waals surface area contributed by atoms with Gasteiger partial charge in [-0.1, -0.05) is 42.0 Å². The molecule has 42 heavy (non-hydrogen) atoms. The summed E-state index contributed by atoms with van der Waals surface area (Å²) in [4.78, 5) is 13.3. The summed E-state index contributed by atoms with van der Waals surface area (Å²) in [5.74, 6) is -0.339. The fourth-order valence-electron chi connectivity index (χ4n) is 4.35. The number of anilines is 3. The molecule has 0 spiro atoms. The van der Waals surface area contributed by atoms with E-state index in [1.165, 1.54) is 43.5 Å². The van der Waals surface area contributed by atoms with Gasteiger partial charge in [-0.3, -0.25) is 13.8 Å². The van der Waals surface area contributed by atoms with Gasteiger partial charge in [0.15, 0.2) is 0 Å². The fraction of sp³-hybridized carbons (Fsp3) is 0.194. The average molecular weight is 608 g/mol. The lowest BCUT2D eigenvalue weighted by molar-refractivity contribution is -0.114. The van der Waals surface area contributed by atoms with Crippen LogP contribution in [0.4, 0.5) is 17.1 Å². The number of nitrogens with one attached hydrogen (secondary N) is 2. The topological polar surface area (TPSA) is 122 Å². The van der Waals surface area contributed by atoms with E-state index in [0.717, 1.165) is 26.6 Å². The van der Waals surface area contributed by atoms with Crippen molar-refractivity contribution >= 4 is 43.0 Å². The molecular formula is C31H33N3O6S2. The van der Waals surface area contributed by atoms with Gasteiger partial charge in [0.25, 0.3) is 20.0 Å². The zero-order valence-corrected chi connectivity index (χ0v) is 25.6. The van der Waals surface area contributed by atoms with Crippen LogP contribution in [0.2, 0.25) is 0 Å². The highest BCUT2D eigenvalue weighted by Crippen LogP contribution is 2.33. The largest absolute Gasteiger partial charge is 0.495 e. The van der Waals surface area contributed by atoms with Crippen LogP contribution in [0, 0.1) is 27.7 Å². The third-order valence-electron chi connectivity index (χ3n) is 6.67. The second-order valence-electron chi connectivity index (χ2n) is 9.94. The zero-order valence-electron chi connectivity index (χ0n) is 24.0. The molecule has 2 N–H and O–H groups in total. The summed E-state index contributed by atoms with van der Waals surface area (Å²) in [7, 11) is -6.63. The molecule has 0 aliphatic rings. The predicted molar refractivity (Wildman–Crippen MR) is 165 cm³/mol. The van der Waals surface area contributed by atoms with Crippen LogP contribution < -0.4 is 19.1 Å². The van der Waals surface area contributed by atoms with Crippen molar-refractivity contribution in [1.82, 2.24) is 0 Å². The number of sulfonamides is 2. The van der Waals surface area contributed by atoms with E-state index in [9.17, 15) is 21.6 Å². The minimum Gasteiger partial charge on any atom is -0.495 e. The van der Waals surface area contributed by atoms with E-state index >= 15 is 0 Å². The van der Waals surface area contributed by atoms with Gasteiger partial charge in [0.1, 0.15) is 12.3 Å². The first kappa shape index (κ1) is 30.6. The third kappa shape index (κ3) is 6.75. The van der Waals surface area contributed by atoms with E-state index < -0.39 is 32.5 Å². The number of benzene rings is 4. The van der Waals surface area contributed by atoms with E-state index in [2.05, 4.69) is 10.0 Å². The van der Waals surface area contributed by atoms with E-state index in [0.29, 0.717) is 11.4 Å². The van der Waals surface area contributed by atoms with Crippen LogP contribution in [0.3, 0.4) is 0 Å². The summed E-state index contributed by atoms with van der Waals surface area (Å²) in [6, 6.07) is 22.5.